The highest BCUT2D eigenvalue weighted by Gasteiger charge is 2.12. The van der Waals surface area contributed by atoms with E-state index in [4.69, 9.17) is 5.84 Å². The van der Waals surface area contributed by atoms with Gasteiger partial charge in [0.1, 0.15) is 18.0 Å². The molecule has 0 amide bonds. The Labute approximate surface area is 119 Å². The molecule has 1 heterocycles. The molecule has 3 N–H and O–H groups in total. The van der Waals surface area contributed by atoms with Crippen LogP contribution < -0.4 is 16.2 Å². The van der Waals surface area contributed by atoms with Crippen molar-refractivity contribution in [1.29, 1.82) is 0 Å². The number of hydrogen-bond acceptors (Lipinski definition) is 5. The molecule has 0 saturated carbocycles. The maximum atomic E-state index is 5.50. The van der Waals surface area contributed by atoms with Crippen LogP contribution in [0, 0.1) is 0 Å². The Morgan fingerprint density at radius 1 is 1.20 bits per heavy atom. The fraction of sp³-hybridized carbons (Fsp3) is 0.333. The number of rotatable bonds is 6. The van der Waals surface area contributed by atoms with Gasteiger partial charge in [0.15, 0.2) is 0 Å². The molecule has 2 rings (SSSR count). The molecule has 1 aromatic carbocycles. The third-order valence-corrected chi connectivity index (χ3v) is 3.35. The van der Waals surface area contributed by atoms with Crippen molar-refractivity contribution in [1.82, 2.24) is 9.97 Å². The molecular weight excluding hydrogens is 250 g/mol. The zero-order chi connectivity index (χ0) is 14.4. The second kappa shape index (κ2) is 6.86. The van der Waals surface area contributed by atoms with E-state index in [2.05, 4.69) is 51.5 Å². The predicted octanol–water partition coefficient (Wildman–Crippen LogP) is 2.00. The second-order valence-corrected chi connectivity index (χ2v) is 4.68. The van der Waals surface area contributed by atoms with Crippen molar-refractivity contribution in [3.63, 3.8) is 0 Å². The number of aromatic nitrogens is 2. The maximum Gasteiger partial charge on any atom is 0.148 e. The quantitative estimate of drug-likeness (QED) is 0.621. The maximum absolute atomic E-state index is 5.50. The van der Waals surface area contributed by atoms with E-state index in [0.29, 0.717) is 5.82 Å². The smallest absolute Gasteiger partial charge is 0.148 e. The molecule has 20 heavy (non-hydrogen) atoms. The lowest BCUT2D eigenvalue weighted by Crippen LogP contribution is -2.24. The van der Waals surface area contributed by atoms with Gasteiger partial charge < -0.3 is 10.3 Å². The van der Waals surface area contributed by atoms with Gasteiger partial charge in [-0.15, -0.1) is 0 Å². The average molecular weight is 271 g/mol. The van der Waals surface area contributed by atoms with Crippen LogP contribution in [0.4, 0.5) is 11.6 Å². The van der Waals surface area contributed by atoms with Crippen LogP contribution >= 0.6 is 0 Å². The van der Waals surface area contributed by atoms with Crippen LogP contribution in [-0.2, 0) is 12.8 Å². The predicted molar refractivity (Wildman–Crippen MR) is 82.6 cm³/mol. The summed E-state index contributed by atoms with van der Waals surface area (Å²) in [6.07, 6.45) is 3.37. The van der Waals surface area contributed by atoms with Crippen LogP contribution in [0.25, 0.3) is 0 Å². The third-order valence-electron chi connectivity index (χ3n) is 3.35. The second-order valence-electron chi connectivity index (χ2n) is 4.68. The van der Waals surface area contributed by atoms with Crippen molar-refractivity contribution in [3.8, 4) is 0 Å². The first-order valence-electron chi connectivity index (χ1n) is 6.81. The van der Waals surface area contributed by atoms with Gasteiger partial charge >= 0.3 is 0 Å². The van der Waals surface area contributed by atoms with Gasteiger partial charge in [0.25, 0.3) is 0 Å². The van der Waals surface area contributed by atoms with Gasteiger partial charge in [-0.2, -0.15) is 0 Å². The first-order chi connectivity index (χ1) is 9.76. The van der Waals surface area contributed by atoms with E-state index in [-0.39, 0.29) is 0 Å². The van der Waals surface area contributed by atoms with Gasteiger partial charge in [0.05, 0.1) is 0 Å². The Hall–Kier alpha value is -2.14. The number of benzene rings is 1. The summed E-state index contributed by atoms with van der Waals surface area (Å²) in [7, 11) is 2.05. The zero-order valence-electron chi connectivity index (χ0n) is 12.0. The first kappa shape index (κ1) is 14.3. The fourth-order valence-corrected chi connectivity index (χ4v) is 2.23. The fourth-order valence-electron chi connectivity index (χ4n) is 2.23. The summed E-state index contributed by atoms with van der Waals surface area (Å²) < 4.78 is 0. The standard InChI is InChI=1S/C15H21N5/c1-3-13-14(19-16)17-11-18-15(13)20(2)10-9-12-7-5-4-6-8-12/h4-8,11H,3,9-10,16H2,1-2H3,(H,17,18,19). The molecule has 0 aliphatic heterocycles. The highest BCUT2D eigenvalue weighted by atomic mass is 15.3. The number of nitrogens with two attached hydrogens (primary N) is 1. The summed E-state index contributed by atoms with van der Waals surface area (Å²) in [6.45, 7) is 2.98. The first-order valence-corrected chi connectivity index (χ1v) is 6.81. The summed E-state index contributed by atoms with van der Waals surface area (Å²) in [4.78, 5) is 10.7. The highest BCUT2D eigenvalue weighted by molar-refractivity contribution is 5.58. The van der Waals surface area contributed by atoms with Crippen molar-refractivity contribution in [3.05, 3.63) is 47.8 Å². The van der Waals surface area contributed by atoms with Crippen molar-refractivity contribution in [2.24, 2.45) is 5.84 Å². The molecule has 2 aromatic rings. The number of hydrogen-bond donors (Lipinski definition) is 2. The third kappa shape index (κ3) is 3.24. The normalized spacial score (nSPS) is 10.3. The number of nitrogens with one attached hydrogen (secondary N) is 1. The number of nitrogen functional groups attached to an aromatic ring is 1. The van der Waals surface area contributed by atoms with Crippen LogP contribution in [0.2, 0.25) is 0 Å². The summed E-state index contributed by atoms with van der Waals surface area (Å²) in [6, 6.07) is 10.4. The SMILES string of the molecule is CCc1c(NN)ncnc1N(C)CCc1ccccc1. The molecule has 0 atom stereocenters. The van der Waals surface area contributed by atoms with Gasteiger partial charge in [-0.3, -0.25) is 0 Å². The van der Waals surface area contributed by atoms with Crippen molar-refractivity contribution >= 4 is 11.6 Å². The molecule has 0 unspecified atom stereocenters. The van der Waals surface area contributed by atoms with Crippen molar-refractivity contribution in [2.75, 3.05) is 23.9 Å². The van der Waals surface area contributed by atoms with Crippen LogP contribution in [0.15, 0.2) is 36.7 Å². The molecule has 1 aromatic heterocycles. The van der Waals surface area contributed by atoms with Crippen molar-refractivity contribution in [2.45, 2.75) is 19.8 Å². The Kier molecular flexibility index (Phi) is 4.90. The van der Waals surface area contributed by atoms with Gasteiger partial charge in [-0.25, -0.2) is 15.8 Å². The Morgan fingerprint density at radius 2 is 1.95 bits per heavy atom. The molecule has 0 radical (unpaired) electrons. The van der Waals surface area contributed by atoms with Crippen LogP contribution in [0.5, 0.6) is 0 Å². The Balaban J connectivity index is 2.11. The summed E-state index contributed by atoms with van der Waals surface area (Å²) in [5.41, 5.74) is 5.01. The molecule has 0 bridgehead atoms. The van der Waals surface area contributed by atoms with Crippen LogP contribution in [-0.4, -0.2) is 23.6 Å². The van der Waals surface area contributed by atoms with E-state index in [0.717, 1.165) is 30.8 Å². The van der Waals surface area contributed by atoms with E-state index < -0.39 is 0 Å². The number of nitrogens with zero attached hydrogens (tertiary/aromatic N) is 3. The van der Waals surface area contributed by atoms with Gasteiger partial charge in [-0.05, 0) is 18.4 Å². The monoisotopic (exact) mass is 271 g/mol. The van der Waals surface area contributed by atoms with E-state index >= 15 is 0 Å². The molecule has 0 spiro atoms. The minimum absolute atomic E-state index is 0.698. The number of anilines is 2. The summed E-state index contributed by atoms with van der Waals surface area (Å²) >= 11 is 0. The molecule has 0 saturated heterocycles. The molecule has 0 aliphatic carbocycles. The molecular formula is C15H21N5. The van der Waals surface area contributed by atoms with E-state index in [1.807, 2.05) is 13.1 Å². The van der Waals surface area contributed by atoms with E-state index in [1.165, 1.54) is 5.56 Å². The lowest BCUT2D eigenvalue weighted by atomic mass is 10.1. The minimum Gasteiger partial charge on any atom is -0.359 e. The Bertz CT molecular complexity index is 541. The van der Waals surface area contributed by atoms with Gasteiger partial charge in [0, 0.05) is 19.2 Å². The van der Waals surface area contributed by atoms with E-state index in [1.54, 1.807) is 6.33 Å². The minimum atomic E-state index is 0.698. The lowest BCUT2D eigenvalue weighted by molar-refractivity contribution is 0.842. The Morgan fingerprint density at radius 3 is 2.60 bits per heavy atom. The molecule has 5 nitrogen and oxygen atoms in total. The zero-order valence-corrected chi connectivity index (χ0v) is 12.0. The average Bonchev–Trinajstić information content (AvgIpc) is 2.52. The van der Waals surface area contributed by atoms with Crippen molar-refractivity contribution < 1.29 is 0 Å². The largest absolute Gasteiger partial charge is 0.359 e. The van der Waals surface area contributed by atoms with Crippen LogP contribution in [0.1, 0.15) is 18.1 Å². The molecule has 0 fully saturated rings. The molecule has 106 valence electrons. The molecule has 5 heteroatoms. The molecule has 0 aliphatic rings. The summed E-state index contributed by atoms with van der Waals surface area (Å²) in [5, 5.41) is 0. The topological polar surface area (TPSA) is 67.1 Å². The van der Waals surface area contributed by atoms with E-state index in [9.17, 15) is 0 Å². The van der Waals surface area contributed by atoms with Gasteiger partial charge in [-0.1, -0.05) is 37.3 Å². The summed E-state index contributed by atoms with van der Waals surface area (Å²) in [5.74, 6) is 7.14. The van der Waals surface area contributed by atoms with Gasteiger partial charge in [0.2, 0.25) is 0 Å². The lowest BCUT2D eigenvalue weighted by Gasteiger charge is -2.21. The highest BCUT2D eigenvalue weighted by Crippen LogP contribution is 2.22. The van der Waals surface area contributed by atoms with Crippen LogP contribution in [0.3, 0.4) is 0 Å². The number of hydrazine groups is 1. The number of likely N-dealkylation sites (N-methyl/N-ethyl adjacent to an activating group) is 1.